The normalized spacial score (nSPS) is 10.9. The molecule has 0 unspecified atom stereocenters. The van der Waals surface area contributed by atoms with E-state index in [9.17, 15) is 14.9 Å². The minimum Gasteiger partial charge on any atom is -0.478 e. The van der Waals surface area contributed by atoms with Crippen molar-refractivity contribution in [1.82, 2.24) is 4.57 Å². The summed E-state index contributed by atoms with van der Waals surface area (Å²) in [6.45, 7) is 1.87. The summed E-state index contributed by atoms with van der Waals surface area (Å²) in [6.07, 6.45) is 3.27. The van der Waals surface area contributed by atoms with Crippen molar-refractivity contribution < 1.29 is 14.7 Å². The number of rotatable bonds is 5. The average molecular weight is 371 g/mol. The third-order valence-corrected chi connectivity index (χ3v) is 4.22. The van der Waals surface area contributed by atoms with Gasteiger partial charge in [0, 0.05) is 23.3 Å². The summed E-state index contributed by atoms with van der Waals surface area (Å²) < 4.78 is 1.77. The number of hydrogen-bond donors (Lipinski definition) is 2. The Bertz CT molecular complexity index is 1100. The van der Waals surface area contributed by atoms with Crippen LogP contribution in [0.1, 0.15) is 21.6 Å². The van der Waals surface area contributed by atoms with Gasteiger partial charge in [0.25, 0.3) is 5.91 Å². The lowest BCUT2D eigenvalue weighted by atomic mass is 10.1. The molecule has 0 fully saturated rings. The Kier molecular flexibility index (Phi) is 5.38. The summed E-state index contributed by atoms with van der Waals surface area (Å²) in [7, 11) is 0. The van der Waals surface area contributed by atoms with Gasteiger partial charge in [0.15, 0.2) is 0 Å². The summed E-state index contributed by atoms with van der Waals surface area (Å²) in [4.78, 5) is 23.5. The Labute approximate surface area is 162 Å². The van der Waals surface area contributed by atoms with Crippen molar-refractivity contribution >= 4 is 23.6 Å². The Morgan fingerprint density at radius 3 is 2.43 bits per heavy atom. The topological polar surface area (TPSA) is 95.1 Å². The first-order chi connectivity index (χ1) is 13.5. The van der Waals surface area contributed by atoms with Gasteiger partial charge in [0.05, 0.1) is 5.56 Å². The summed E-state index contributed by atoms with van der Waals surface area (Å²) in [6, 6.07) is 19.2. The van der Waals surface area contributed by atoms with Gasteiger partial charge in [-0.05, 0) is 61.0 Å². The van der Waals surface area contributed by atoms with Crippen LogP contribution in [0.4, 0.5) is 5.69 Å². The van der Waals surface area contributed by atoms with Crippen LogP contribution in [0.15, 0.2) is 72.4 Å². The largest absolute Gasteiger partial charge is 0.478 e. The number of carbonyl (C=O) groups is 2. The number of hydrogen-bond acceptors (Lipinski definition) is 3. The maximum atomic E-state index is 12.5. The smallest absolute Gasteiger partial charge is 0.335 e. The van der Waals surface area contributed by atoms with Crippen molar-refractivity contribution in [3.63, 3.8) is 0 Å². The first-order valence-electron chi connectivity index (χ1n) is 8.49. The highest BCUT2D eigenvalue weighted by molar-refractivity contribution is 6.09. The molecular weight excluding hydrogens is 354 g/mol. The third kappa shape index (κ3) is 4.00. The second-order valence-corrected chi connectivity index (χ2v) is 6.09. The van der Waals surface area contributed by atoms with Gasteiger partial charge in [-0.3, -0.25) is 4.79 Å². The quantitative estimate of drug-likeness (QED) is 0.523. The summed E-state index contributed by atoms with van der Waals surface area (Å²) in [5.74, 6) is -1.50. The van der Waals surface area contributed by atoms with Crippen LogP contribution in [-0.2, 0) is 4.79 Å². The number of aromatic nitrogens is 1. The number of anilines is 1. The Balaban J connectivity index is 1.89. The van der Waals surface area contributed by atoms with E-state index >= 15 is 0 Å². The molecule has 1 amide bonds. The molecule has 0 aliphatic rings. The van der Waals surface area contributed by atoms with Crippen LogP contribution in [-0.4, -0.2) is 21.6 Å². The van der Waals surface area contributed by atoms with Gasteiger partial charge in [-0.25, -0.2) is 4.79 Å². The van der Waals surface area contributed by atoms with Gasteiger partial charge in [0.2, 0.25) is 0 Å². The fourth-order valence-corrected chi connectivity index (χ4v) is 2.71. The number of nitrogens with zero attached hydrogens (tertiary/aromatic N) is 2. The molecule has 6 nitrogen and oxygen atoms in total. The first-order valence-corrected chi connectivity index (χ1v) is 8.49. The number of aryl methyl sites for hydroxylation is 1. The second-order valence-electron chi connectivity index (χ2n) is 6.09. The number of carboxylic acid groups (broad SMARTS) is 1. The fraction of sp³-hybridized carbons (Fsp3) is 0.0455. The number of carboxylic acids is 1. The van der Waals surface area contributed by atoms with Crippen molar-refractivity contribution in [2.24, 2.45) is 0 Å². The molecular formula is C22H17N3O3. The zero-order valence-corrected chi connectivity index (χ0v) is 15.1. The highest BCUT2D eigenvalue weighted by Crippen LogP contribution is 2.18. The maximum Gasteiger partial charge on any atom is 0.335 e. The van der Waals surface area contributed by atoms with Crippen molar-refractivity contribution in [1.29, 1.82) is 5.26 Å². The summed E-state index contributed by atoms with van der Waals surface area (Å²) in [5, 5.41) is 21.2. The van der Waals surface area contributed by atoms with Crippen molar-refractivity contribution in [3.05, 3.63) is 89.3 Å². The fourth-order valence-electron chi connectivity index (χ4n) is 2.71. The average Bonchev–Trinajstić information content (AvgIpc) is 3.16. The monoisotopic (exact) mass is 371 g/mol. The molecule has 3 rings (SSSR count). The van der Waals surface area contributed by atoms with Crippen LogP contribution in [0.2, 0.25) is 0 Å². The number of amides is 1. The van der Waals surface area contributed by atoms with E-state index in [2.05, 4.69) is 5.32 Å². The van der Waals surface area contributed by atoms with Crippen LogP contribution in [0.3, 0.4) is 0 Å². The van der Waals surface area contributed by atoms with E-state index < -0.39 is 11.9 Å². The number of carbonyl (C=O) groups excluding carboxylic acids is 1. The molecule has 6 heteroatoms. The molecule has 2 aromatic carbocycles. The second kappa shape index (κ2) is 8.06. The number of benzene rings is 2. The van der Waals surface area contributed by atoms with Crippen molar-refractivity contribution in [2.75, 3.05) is 5.32 Å². The predicted molar refractivity (Wildman–Crippen MR) is 106 cm³/mol. The predicted octanol–water partition coefficient (Wildman–Crippen LogP) is 4.03. The van der Waals surface area contributed by atoms with E-state index in [4.69, 9.17) is 5.11 Å². The zero-order valence-electron chi connectivity index (χ0n) is 15.1. The number of nitriles is 1. The number of aromatic carboxylic acids is 1. The van der Waals surface area contributed by atoms with Crippen LogP contribution in [0.25, 0.3) is 11.8 Å². The van der Waals surface area contributed by atoms with Crippen molar-refractivity contribution in [2.45, 2.75) is 6.92 Å². The van der Waals surface area contributed by atoms with Crippen LogP contribution in [0, 0.1) is 18.3 Å². The highest BCUT2D eigenvalue weighted by atomic mass is 16.4. The molecule has 0 aliphatic heterocycles. The molecule has 0 radical (unpaired) electrons. The lowest BCUT2D eigenvalue weighted by molar-refractivity contribution is -0.112. The van der Waals surface area contributed by atoms with Crippen LogP contribution < -0.4 is 5.32 Å². The molecule has 0 saturated carbocycles. The lowest BCUT2D eigenvalue weighted by Gasteiger charge is -2.09. The Morgan fingerprint density at radius 1 is 1.07 bits per heavy atom. The minimum atomic E-state index is -1.00. The molecule has 0 spiro atoms. The molecule has 0 atom stereocenters. The molecule has 2 N–H and O–H groups in total. The molecule has 1 aromatic heterocycles. The van der Waals surface area contributed by atoms with Gasteiger partial charge in [-0.15, -0.1) is 0 Å². The highest BCUT2D eigenvalue weighted by Gasteiger charge is 2.12. The van der Waals surface area contributed by atoms with E-state index in [1.165, 1.54) is 18.2 Å². The molecule has 28 heavy (non-hydrogen) atoms. The van der Waals surface area contributed by atoms with E-state index in [0.717, 1.165) is 11.3 Å². The van der Waals surface area contributed by atoms with Gasteiger partial charge in [-0.1, -0.05) is 18.2 Å². The SMILES string of the molecule is Cc1ccccc1NC(=O)/C(C#N)=C\c1cccn1-c1ccc(C(=O)O)cc1. The van der Waals surface area contributed by atoms with Gasteiger partial charge >= 0.3 is 5.97 Å². The van der Waals surface area contributed by atoms with E-state index in [-0.39, 0.29) is 11.1 Å². The first kappa shape index (κ1) is 18.7. The van der Waals surface area contributed by atoms with Gasteiger partial charge in [0.1, 0.15) is 11.6 Å². The Hall–Kier alpha value is -4.11. The lowest BCUT2D eigenvalue weighted by Crippen LogP contribution is -2.14. The minimum absolute atomic E-state index is 0.0367. The van der Waals surface area contributed by atoms with E-state index in [1.807, 2.05) is 31.2 Å². The van der Waals surface area contributed by atoms with Crippen LogP contribution >= 0.6 is 0 Å². The molecule has 0 aliphatic carbocycles. The van der Waals surface area contributed by atoms with Gasteiger partial charge < -0.3 is 15.0 Å². The maximum absolute atomic E-state index is 12.5. The third-order valence-electron chi connectivity index (χ3n) is 4.22. The molecule has 1 heterocycles. The number of nitrogens with one attached hydrogen (secondary N) is 1. The Morgan fingerprint density at radius 2 is 1.79 bits per heavy atom. The van der Waals surface area contributed by atoms with Crippen LogP contribution in [0.5, 0.6) is 0 Å². The van der Waals surface area contributed by atoms with Gasteiger partial charge in [-0.2, -0.15) is 5.26 Å². The standard InChI is InChI=1S/C22H17N3O3/c1-15-5-2-3-7-20(15)24-21(26)17(14-23)13-19-6-4-12-25(19)18-10-8-16(9-11-18)22(27)28/h2-13H,1H3,(H,24,26)(H,27,28)/b17-13-. The molecule has 3 aromatic rings. The van der Waals surface area contributed by atoms with E-state index in [1.54, 1.807) is 41.1 Å². The molecule has 138 valence electrons. The zero-order chi connectivity index (χ0) is 20.1. The molecule has 0 saturated heterocycles. The summed E-state index contributed by atoms with van der Waals surface area (Å²) in [5.41, 5.74) is 3.04. The van der Waals surface area contributed by atoms with Crippen molar-refractivity contribution in [3.8, 4) is 11.8 Å². The summed E-state index contributed by atoms with van der Waals surface area (Å²) >= 11 is 0. The molecule has 0 bridgehead atoms. The number of para-hydroxylation sites is 1. The van der Waals surface area contributed by atoms with E-state index in [0.29, 0.717) is 11.4 Å².